The van der Waals surface area contributed by atoms with Crippen molar-refractivity contribution in [3.05, 3.63) is 24.3 Å². The fourth-order valence-electron chi connectivity index (χ4n) is 1.83. The van der Waals surface area contributed by atoms with Crippen molar-refractivity contribution >= 4 is 17.7 Å². The molecule has 1 saturated heterocycles. The van der Waals surface area contributed by atoms with E-state index >= 15 is 0 Å². The van der Waals surface area contributed by atoms with Crippen LogP contribution in [0.1, 0.15) is 6.42 Å². The van der Waals surface area contributed by atoms with Gasteiger partial charge in [-0.1, -0.05) is 12.1 Å². The highest BCUT2D eigenvalue weighted by atomic mass is 16.6. The Balaban J connectivity index is 1.85. The van der Waals surface area contributed by atoms with Crippen LogP contribution >= 0.6 is 0 Å². The molecule has 102 valence electrons. The predicted octanol–water partition coefficient (Wildman–Crippen LogP) is 1.48. The number of anilines is 1. The van der Waals surface area contributed by atoms with Crippen molar-refractivity contribution in [2.24, 2.45) is 0 Å². The summed E-state index contributed by atoms with van der Waals surface area (Å²) in [5, 5.41) is 2.76. The van der Waals surface area contributed by atoms with Crippen LogP contribution in [0.25, 0.3) is 0 Å². The van der Waals surface area contributed by atoms with E-state index < -0.39 is 0 Å². The van der Waals surface area contributed by atoms with Crippen molar-refractivity contribution in [1.29, 1.82) is 0 Å². The Hall–Kier alpha value is -2.24. The van der Waals surface area contributed by atoms with Crippen molar-refractivity contribution in [3.8, 4) is 5.75 Å². The lowest BCUT2D eigenvalue weighted by Gasteiger charge is -2.13. The number of hydrogen-bond acceptors (Lipinski definition) is 4. The first-order valence-electron chi connectivity index (χ1n) is 6.05. The zero-order valence-electron chi connectivity index (χ0n) is 10.7. The van der Waals surface area contributed by atoms with Gasteiger partial charge < -0.3 is 19.7 Å². The molecule has 0 aromatic heterocycles. The largest absolute Gasteiger partial charge is 0.495 e. The third-order valence-electron chi connectivity index (χ3n) is 2.83. The van der Waals surface area contributed by atoms with Gasteiger partial charge in [-0.25, -0.2) is 4.79 Å². The number of amides is 2. The van der Waals surface area contributed by atoms with Crippen LogP contribution in [0.15, 0.2) is 24.3 Å². The van der Waals surface area contributed by atoms with Crippen LogP contribution in [-0.2, 0) is 9.53 Å². The Morgan fingerprint density at radius 3 is 2.95 bits per heavy atom. The molecule has 0 saturated carbocycles. The molecule has 0 radical (unpaired) electrons. The van der Waals surface area contributed by atoms with Gasteiger partial charge in [-0.05, 0) is 12.1 Å². The van der Waals surface area contributed by atoms with E-state index in [4.69, 9.17) is 9.47 Å². The molecule has 0 aliphatic carbocycles. The average Bonchev–Trinajstić information content (AvgIpc) is 2.82. The van der Waals surface area contributed by atoms with E-state index in [2.05, 4.69) is 5.32 Å². The van der Waals surface area contributed by atoms with Crippen LogP contribution < -0.4 is 10.1 Å². The number of para-hydroxylation sites is 2. The molecule has 2 amide bonds. The van der Waals surface area contributed by atoms with Gasteiger partial charge in [0.05, 0.1) is 19.3 Å². The molecule has 1 aliphatic rings. The second-order valence-corrected chi connectivity index (χ2v) is 4.10. The Bertz CT molecular complexity index is 475. The molecule has 0 unspecified atom stereocenters. The molecule has 19 heavy (non-hydrogen) atoms. The fraction of sp³-hybridized carbons (Fsp3) is 0.385. The van der Waals surface area contributed by atoms with Gasteiger partial charge in [-0.15, -0.1) is 0 Å². The van der Waals surface area contributed by atoms with Gasteiger partial charge in [0.1, 0.15) is 12.4 Å². The van der Waals surface area contributed by atoms with E-state index in [-0.39, 0.29) is 18.4 Å². The zero-order chi connectivity index (χ0) is 13.7. The van der Waals surface area contributed by atoms with Crippen LogP contribution in [-0.4, -0.2) is 43.7 Å². The molecule has 0 bridgehead atoms. The van der Waals surface area contributed by atoms with Gasteiger partial charge in [-0.2, -0.15) is 0 Å². The predicted molar refractivity (Wildman–Crippen MR) is 69.2 cm³/mol. The van der Waals surface area contributed by atoms with Gasteiger partial charge in [0.25, 0.3) is 0 Å². The highest BCUT2D eigenvalue weighted by molar-refractivity contribution is 5.92. The van der Waals surface area contributed by atoms with Gasteiger partial charge in [0.2, 0.25) is 5.91 Å². The van der Waals surface area contributed by atoms with Gasteiger partial charge in [-0.3, -0.25) is 4.79 Å². The molecule has 1 fully saturated rings. The van der Waals surface area contributed by atoms with Crippen LogP contribution in [0.5, 0.6) is 5.75 Å². The SMILES string of the molecule is COc1ccccc1NC(=O)CCN1CCOC1=O. The van der Waals surface area contributed by atoms with E-state index in [1.807, 2.05) is 12.1 Å². The summed E-state index contributed by atoms with van der Waals surface area (Å²) in [5.41, 5.74) is 0.624. The summed E-state index contributed by atoms with van der Waals surface area (Å²) >= 11 is 0. The number of benzene rings is 1. The lowest BCUT2D eigenvalue weighted by atomic mass is 10.2. The summed E-state index contributed by atoms with van der Waals surface area (Å²) in [6, 6.07) is 7.18. The van der Waals surface area contributed by atoms with Crippen LogP contribution in [0.3, 0.4) is 0 Å². The van der Waals surface area contributed by atoms with E-state index in [0.29, 0.717) is 31.1 Å². The number of carbonyl (C=O) groups is 2. The van der Waals surface area contributed by atoms with E-state index in [1.54, 1.807) is 19.2 Å². The summed E-state index contributed by atoms with van der Waals surface area (Å²) in [5.74, 6) is 0.445. The van der Waals surface area contributed by atoms with E-state index in [9.17, 15) is 9.59 Å². The summed E-state index contributed by atoms with van der Waals surface area (Å²) in [6.07, 6.45) is -0.127. The highest BCUT2D eigenvalue weighted by Gasteiger charge is 2.22. The second-order valence-electron chi connectivity index (χ2n) is 4.10. The molecule has 0 atom stereocenters. The smallest absolute Gasteiger partial charge is 0.409 e. The second kappa shape index (κ2) is 6.08. The monoisotopic (exact) mass is 264 g/mol. The third-order valence-corrected chi connectivity index (χ3v) is 2.83. The number of cyclic esters (lactones) is 1. The quantitative estimate of drug-likeness (QED) is 0.874. The Kier molecular flexibility index (Phi) is 4.22. The number of rotatable bonds is 5. The van der Waals surface area contributed by atoms with E-state index in [1.165, 1.54) is 4.90 Å². The molecule has 6 nitrogen and oxygen atoms in total. The van der Waals surface area contributed by atoms with Crippen molar-refractivity contribution in [1.82, 2.24) is 4.90 Å². The maximum absolute atomic E-state index is 11.8. The fourth-order valence-corrected chi connectivity index (χ4v) is 1.83. The standard InChI is InChI=1S/C13H16N2O4/c1-18-11-5-3-2-4-10(11)14-12(16)6-7-15-8-9-19-13(15)17/h2-5H,6-9H2,1H3,(H,14,16). The molecule has 1 N–H and O–H groups in total. The molecule has 1 heterocycles. The molecule has 0 spiro atoms. The summed E-state index contributed by atoms with van der Waals surface area (Å²) in [6.45, 7) is 1.30. The highest BCUT2D eigenvalue weighted by Crippen LogP contribution is 2.23. The van der Waals surface area contributed by atoms with Gasteiger partial charge in [0, 0.05) is 13.0 Å². The van der Waals surface area contributed by atoms with Crippen molar-refractivity contribution in [2.75, 3.05) is 32.1 Å². The van der Waals surface area contributed by atoms with Crippen LogP contribution in [0.2, 0.25) is 0 Å². The number of hydrogen-bond donors (Lipinski definition) is 1. The Morgan fingerprint density at radius 1 is 1.47 bits per heavy atom. The minimum Gasteiger partial charge on any atom is -0.495 e. The average molecular weight is 264 g/mol. The number of carbonyl (C=O) groups excluding carboxylic acids is 2. The molecular weight excluding hydrogens is 248 g/mol. The topological polar surface area (TPSA) is 67.9 Å². The molecule has 2 rings (SSSR count). The molecule has 1 aromatic carbocycles. The molecule has 1 aromatic rings. The maximum atomic E-state index is 11.8. The summed E-state index contributed by atoms with van der Waals surface area (Å²) in [4.78, 5) is 24.5. The molecule has 1 aliphatic heterocycles. The normalized spacial score (nSPS) is 14.2. The Labute approximate surface area is 111 Å². The van der Waals surface area contributed by atoms with Gasteiger partial charge in [0.15, 0.2) is 0 Å². The first kappa shape index (κ1) is 13.2. The molecular formula is C13H16N2O4. The van der Waals surface area contributed by atoms with Crippen LogP contribution in [0, 0.1) is 0 Å². The van der Waals surface area contributed by atoms with Gasteiger partial charge >= 0.3 is 6.09 Å². The van der Waals surface area contributed by atoms with Crippen LogP contribution in [0.4, 0.5) is 10.5 Å². The minimum atomic E-state index is -0.356. The van der Waals surface area contributed by atoms with Crippen molar-refractivity contribution < 1.29 is 19.1 Å². The number of ether oxygens (including phenoxy) is 2. The number of methoxy groups -OCH3 is 1. The van der Waals surface area contributed by atoms with Crippen molar-refractivity contribution in [3.63, 3.8) is 0 Å². The summed E-state index contributed by atoms with van der Waals surface area (Å²) < 4.78 is 9.93. The lowest BCUT2D eigenvalue weighted by molar-refractivity contribution is -0.116. The molecule has 6 heteroatoms. The lowest BCUT2D eigenvalue weighted by Crippen LogP contribution is -2.28. The number of nitrogens with zero attached hydrogens (tertiary/aromatic N) is 1. The first-order valence-corrected chi connectivity index (χ1v) is 6.05. The third kappa shape index (κ3) is 3.37. The summed E-state index contributed by atoms with van der Waals surface area (Å²) in [7, 11) is 1.55. The zero-order valence-corrected chi connectivity index (χ0v) is 10.7. The first-order chi connectivity index (χ1) is 9.20. The van der Waals surface area contributed by atoms with Crippen molar-refractivity contribution in [2.45, 2.75) is 6.42 Å². The maximum Gasteiger partial charge on any atom is 0.409 e. The van der Waals surface area contributed by atoms with E-state index in [0.717, 1.165) is 0 Å². The Morgan fingerprint density at radius 2 is 2.26 bits per heavy atom. The minimum absolute atomic E-state index is 0.163. The number of nitrogens with one attached hydrogen (secondary N) is 1.